The van der Waals surface area contributed by atoms with Crippen molar-refractivity contribution in [2.75, 3.05) is 23.3 Å². The molecule has 2 aliphatic rings. The van der Waals surface area contributed by atoms with Crippen molar-refractivity contribution in [1.29, 1.82) is 0 Å². The van der Waals surface area contributed by atoms with E-state index in [-0.39, 0.29) is 11.8 Å². The summed E-state index contributed by atoms with van der Waals surface area (Å²) in [6.07, 6.45) is 2.60. The van der Waals surface area contributed by atoms with Crippen molar-refractivity contribution >= 4 is 17.4 Å². The van der Waals surface area contributed by atoms with Crippen molar-refractivity contribution in [2.45, 2.75) is 26.2 Å². The maximum atomic E-state index is 12.8. The number of hydrogen-bond donors (Lipinski definition) is 1. The number of piperidine rings is 1. The van der Waals surface area contributed by atoms with Gasteiger partial charge in [-0.25, -0.2) is 0 Å². The Balaban J connectivity index is 1.22. The summed E-state index contributed by atoms with van der Waals surface area (Å²) in [5.41, 5.74) is 7.06. The fraction of sp³-hybridized carbons (Fsp3) is 0.292. The molecule has 1 N–H and O–H groups in total. The topological polar surface area (TPSA) is 58.1 Å². The van der Waals surface area contributed by atoms with Crippen molar-refractivity contribution in [3.63, 3.8) is 0 Å². The molecule has 1 aromatic heterocycles. The van der Waals surface area contributed by atoms with Gasteiger partial charge in [-0.3, -0.25) is 4.79 Å². The van der Waals surface area contributed by atoms with Crippen LogP contribution in [0.1, 0.15) is 29.7 Å². The van der Waals surface area contributed by atoms with Gasteiger partial charge in [0.15, 0.2) is 5.82 Å². The lowest BCUT2D eigenvalue weighted by Crippen LogP contribution is -2.38. The summed E-state index contributed by atoms with van der Waals surface area (Å²) in [4.78, 5) is 15.0. The van der Waals surface area contributed by atoms with Crippen LogP contribution in [0, 0.1) is 12.8 Å². The number of anilines is 2. The highest BCUT2D eigenvalue weighted by atomic mass is 16.1. The average Bonchev–Trinajstić information content (AvgIpc) is 3.12. The van der Waals surface area contributed by atoms with E-state index < -0.39 is 0 Å². The zero-order valence-corrected chi connectivity index (χ0v) is 16.6. The highest BCUT2D eigenvalue weighted by Gasteiger charge is 2.26. The van der Waals surface area contributed by atoms with Crippen molar-refractivity contribution in [1.82, 2.24) is 10.2 Å². The second-order valence-electron chi connectivity index (χ2n) is 7.99. The Morgan fingerprint density at radius 3 is 2.55 bits per heavy atom. The summed E-state index contributed by atoms with van der Waals surface area (Å²) >= 11 is 0. The van der Waals surface area contributed by atoms with Crippen LogP contribution in [0.15, 0.2) is 54.6 Å². The van der Waals surface area contributed by atoms with Gasteiger partial charge in [0.1, 0.15) is 0 Å². The number of benzene rings is 2. The number of aromatic nitrogens is 2. The first-order valence-electron chi connectivity index (χ1n) is 10.2. The van der Waals surface area contributed by atoms with E-state index in [2.05, 4.69) is 56.8 Å². The molecule has 5 heteroatoms. The summed E-state index contributed by atoms with van der Waals surface area (Å²) in [5.74, 6) is 1.05. The van der Waals surface area contributed by atoms with Crippen LogP contribution < -0.4 is 10.2 Å². The zero-order valence-electron chi connectivity index (χ0n) is 16.6. The highest BCUT2D eigenvalue weighted by molar-refractivity contribution is 5.93. The van der Waals surface area contributed by atoms with Gasteiger partial charge >= 0.3 is 0 Å². The van der Waals surface area contributed by atoms with Gasteiger partial charge in [-0.1, -0.05) is 30.3 Å². The molecule has 3 aromatic rings. The molecule has 0 radical (unpaired) electrons. The van der Waals surface area contributed by atoms with E-state index in [1.165, 1.54) is 22.3 Å². The normalized spacial score (nSPS) is 15.7. The number of fused-ring (bicyclic) bond motifs is 3. The number of carbonyl (C=O) groups excluding carboxylic acids is 1. The minimum absolute atomic E-state index is 0.0371. The molecule has 1 fully saturated rings. The summed E-state index contributed by atoms with van der Waals surface area (Å²) in [5, 5.41) is 11.5. The number of rotatable bonds is 3. The Morgan fingerprint density at radius 1 is 0.966 bits per heavy atom. The molecular formula is C24H24N4O. The lowest BCUT2D eigenvalue weighted by atomic mass is 9.95. The Kier molecular flexibility index (Phi) is 4.51. The van der Waals surface area contributed by atoms with Crippen molar-refractivity contribution < 1.29 is 4.79 Å². The molecule has 146 valence electrons. The van der Waals surface area contributed by atoms with Gasteiger partial charge in [-0.05, 0) is 72.7 Å². The molecule has 1 amide bonds. The van der Waals surface area contributed by atoms with Crippen molar-refractivity contribution in [2.24, 2.45) is 5.92 Å². The van der Waals surface area contributed by atoms with Gasteiger partial charge in [-0.2, -0.15) is 5.10 Å². The molecule has 1 aliphatic heterocycles. The van der Waals surface area contributed by atoms with Crippen LogP contribution >= 0.6 is 0 Å². The number of nitrogens with one attached hydrogen (secondary N) is 1. The van der Waals surface area contributed by atoms with Gasteiger partial charge in [0.05, 0.1) is 5.69 Å². The molecule has 0 atom stereocenters. The smallest absolute Gasteiger partial charge is 0.227 e. The van der Waals surface area contributed by atoms with Crippen LogP contribution in [0.5, 0.6) is 0 Å². The molecule has 5 nitrogen and oxygen atoms in total. The fourth-order valence-corrected chi connectivity index (χ4v) is 4.40. The third kappa shape index (κ3) is 3.48. The monoisotopic (exact) mass is 384 g/mol. The van der Waals surface area contributed by atoms with E-state index in [4.69, 9.17) is 0 Å². The number of carbonyl (C=O) groups is 1. The SMILES string of the molecule is Cc1ccc(N2CCC(C(=O)Nc3ccc4c(c3)Cc3ccccc3-4)CC2)nn1. The van der Waals surface area contributed by atoms with Crippen LogP contribution in [0.4, 0.5) is 11.5 Å². The summed E-state index contributed by atoms with van der Waals surface area (Å²) in [6.45, 7) is 3.59. The molecule has 0 unspecified atom stereocenters. The molecule has 0 bridgehead atoms. The summed E-state index contributed by atoms with van der Waals surface area (Å²) in [6, 6.07) is 18.8. The zero-order chi connectivity index (χ0) is 19.8. The summed E-state index contributed by atoms with van der Waals surface area (Å²) in [7, 11) is 0. The molecule has 1 aliphatic carbocycles. The molecule has 0 spiro atoms. The minimum atomic E-state index is 0.0371. The van der Waals surface area contributed by atoms with Gasteiger partial charge in [0.25, 0.3) is 0 Å². The number of aryl methyl sites for hydroxylation is 1. The van der Waals surface area contributed by atoms with E-state index in [1.807, 2.05) is 25.1 Å². The van der Waals surface area contributed by atoms with E-state index in [1.54, 1.807) is 0 Å². The molecule has 0 saturated carbocycles. The van der Waals surface area contributed by atoms with Crippen molar-refractivity contribution in [3.8, 4) is 11.1 Å². The predicted octanol–water partition coefficient (Wildman–Crippen LogP) is 4.21. The van der Waals surface area contributed by atoms with E-state index >= 15 is 0 Å². The third-order valence-electron chi connectivity index (χ3n) is 6.03. The van der Waals surface area contributed by atoms with Crippen LogP contribution in [-0.2, 0) is 11.2 Å². The maximum absolute atomic E-state index is 12.8. The van der Waals surface area contributed by atoms with Crippen LogP contribution in [-0.4, -0.2) is 29.2 Å². The second-order valence-corrected chi connectivity index (χ2v) is 7.99. The predicted molar refractivity (Wildman–Crippen MR) is 115 cm³/mol. The van der Waals surface area contributed by atoms with E-state index in [0.29, 0.717) is 0 Å². The number of nitrogens with zero attached hydrogens (tertiary/aromatic N) is 3. The second kappa shape index (κ2) is 7.32. The largest absolute Gasteiger partial charge is 0.355 e. The molecular weight excluding hydrogens is 360 g/mol. The van der Waals surface area contributed by atoms with Crippen molar-refractivity contribution in [3.05, 3.63) is 71.4 Å². The first-order chi connectivity index (χ1) is 14.2. The average molecular weight is 384 g/mol. The lowest BCUT2D eigenvalue weighted by Gasteiger charge is -2.31. The fourth-order valence-electron chi connectivity index (χ4n) is 4.40. The molecule has 2 aromatic carbocycles. The first kappa shape index (κ1) is 17.9. The Hall–Kier alpha value is -3.21. The molecule has 5 rings (SSSR count). The minimum Gasteiger partial charge on any atom is -0.355 e. The highest BCUT2D eigenvalue weighted by Crippen LogP contribution is 2.37. The number of hydrogen-bond acceptors (Lipinski definition) is 4. The standard InChI is InChI=1S/C24H24N4O/c1-16-6-9-23(27-26-16)28-12-10-17(11-13-28)24(29)25-20-7-8-22-19(15-20)14-18-4-2-3-5-21(18)22/h2-9,15,17H,10-14H2,1H3,(H,25,29). The number of amides is 1. The van der Waals surface area contributed by atoms with Gasteiger partial charge in [0.2, 0.25) is 5.91 Å². The Labute approximate surface area is 170 Å². The first-order valence-corrected chi connectivity index (χ1v) is 10.2. The van der Waals surface area contributed by atoms with Gasteiger partial charge in [-0.15, -0.1) is 5.10 Å². The van der Waals surface area contributed by atoms with Gasteiger partial charge in [0, 0.05) is 24.7 Å². The van der Waals surface area contributed by atoms with Crippen LogP contribution in [0.25, 0.3) is 11.1 Å². The molecule has 2 heterocycles. The Bertz CT molecular complexity index is 1050. The quantitative estimate of drug-likeness (QED) is 0.575. The Morgan fingerprint density at radius 2 is 1.76 bits per heavy atom. The lowest BCUT2D eigenvalue weighted by molar-refractivity contribution is -0.120. The van der Waals surface area contributed by atoms with E-state index in [0.717, 1.165) is 49.6 Å². The third-order valence-corrected chi connectivity index (χ3v) is 6.03. The molecule has 1 saturated heterocycles. The molecule has 29 heavy (non-hydrogen) atoms. The van der Waals surface area contributed by atoms with Crippen LogP contribution in [0.2, 0.25) is 0 Å². The maximum Gasteiger partial charge on any atom is 0.227 e. The van der Waals surface area contributed by atoms with E-state index in [9.17, 15) is 4.79 Å². The van der Waals surface area contributed by atoms with Gasteiger partial charge < -0.3 is 10.2 Å². The summed E-state index contributed by atoms with van der Waals surface area (Å²) < 4.78 is 0. The van der Waals surface area contributed by atoms with Crippen LogP contribution in [0.3, 0.4) is 0 Å².